The zero-order chi connectivity index (χ0) is 9.52. The average molecular weight is 194 g/mol. The number of hydrogen-bond acceptors (Lipinski definition) is 3. The Hall–Kier alpha value is -0.930. The molecule has 70 valence electrons. The van der Waals surface area contributed by atoms with Gasteiger partial charge in [0.05, 0.1) is 0 Å². The third kappa shape index (κ3) is 3.53. The van der Waals surface area contributed by atoms with Crippen LogP contribution in [0.4, 0.5) is 0 Å². The fourth-order valence-corrected chi connectivity index (χ4v) is 1.48. The molecule has 0 heterocycles. The molecule has 13 heavy (non-hydrogen) atoms. The normalized spacial score (nSPS) is 11.6. The number of nitrogens with one attached hydrogen (secondary N) is 1. The molecule has 0 aromatic heterocycles. The number of benzene rings is 1. The van der Waals surface area contributed by atoms with E-state index in [1.54, 1.807) is 11.8 Å². The number of rotatable bonds is 4. The van der Waals surface area contributed by atoms with Gasteiger partial charge < -0.3 is 11.1 Å². The maximum Gasteiger partial charge on any atom is 0.0458 e. The molecule has 0 saturated heterocycles. The molecule has 3 N–H and O–H groups in total. The second-order valence-electron chi connectivity index (χ2n) is 2.60. The van der Waals surface area contributed by atoms with Gasteiger partial charge in [0, 0.05) is 11.6 Å². The molecule has 0 saturated carbocycles. The Labute approximate surface area is 83.2 Å². The van der Waals surface area contributed by atoms with Crippen LogP contribution in [0.15, 0.2) is 35.7 Å². The summed E-state index contributed by atoms with van der Waals surface area (Å²) in [6, 6.07) is 9.96. The molecule has 0 aliphatic carbocycles. The summed E-state index contributed by atoms with van der Waals surface area (Å²) in [5, 5.41) is 5.00. The van der Waals surface area contributed by atoms with Crippen molar-refractivity contribution >= 4 is 17.5 Å². The van der Waals surface area contributed by atoms with Crippen molar-refractivity contribution in [2.75, 3.05) is 12.9 Å². The molecule has 0 fully saturated rings. The lowest BCUT2D eigenvalue weighted by atomic mass is 10.2. The van der Waals surface area contributed by atoms with Crippen molar-refractivity contribution in [1.82, 2.24) is 5.32 Å². The van der Waals surface area contributed by atoms with Gasteiger partial charge in [-0.15, -0.1) is 11.8 Å². The van der Waals surface area contributed by atoms with Crippen molar-refractivity contribution in [1.29, 1.82) is 0 Å². The molecule has 0 atom stereocenters. The van der Waals surface area contributed by atoms with Gasteiger partial charge >= 0.3 is 0 Å². The monoisotopic (exact) mass is 194 g/mol. The van der Waals surface area contributed by atoms with Crippen LogP contribution in [0.5, 0.6) is 0 Å². The molecule has 1 rings (SSSR count). The van der Waals surface area contributed by atoms with Gasteiger partial charge in [0.2, 0.25) is 0 Å². The second-order valence-corrected chi connectivity index (χ2v) is 3.46. The van der Waals surface area contributed by atoms with Gasteiger partial charge in [-0.1, -0.05) is 30.3 Å². The lowest BCUT2D eigenvalue weighted by molar-refractivity contribution is 0.985. The van der Waals surface area contributed by atoms with Gasteiger partial charge in [0.1, 0.15) is 0 Å². The summed E-state index contributed by atoms with van der Waals surface area (Å²) in [6.45, 7) is 0. The molecule has 0 bridgehead atoms. The maximum atomic E-state index is 5.85. The van der Waals surface area contributed by atoms with Gasteiger partial charge in [0.15, 0.2) is 0 Å². The molecule has 0 aliphatic rings. The first-order valence-corrected chi connectivity index (χ1v) is 5.16. The zero-order valence-electron chi connectivity index (χ0n) is 7.66. The van der Waals surface area contributed by atoms with E-state index >= 15 is 0 Å². The molecular formula is C10H14N2S. The Morgan fingerprint density at radius 3 is 2.77 bits per heavy atom. The molecule has 2 nitrogen and oxygen atoms in total. The van der Waals surface area contributed by atoms with Crippen LogP contribution < -0.4 is 11.1 Å². The summed E-state index contributed by atoms with van der Waals surface area (Å²) in [5.74, 6) is 0.882. The van der Waals surface area contributed by atoms with Crippen LogP contribution >= 0.6 is 11.8 Å². The Kier molecular flexibility index (Phi) is 4.43. The van der Waals surface area contributed by atoms with E-state index < -0.39 is 0 Å². The summed E-state index contributed by atoms with van der Waals surface area (Å²) >= 11 is 1.66. The Balaban J connectivity index is 2.57. The predicted molar refractivity (Wildman–Crippen MR) is 60.1 cm³/mol. The topological polar surface area (TPSA) is 38.0 Å². The third-order valence-electron chi connectivity index (χ3n) is 1.55. The number of thioether (sulfide) groups is 1. The first-order chi connectivity index (χ1) is 6.34. The third-order valence-corrected chi connectivity index (χ3v) is 2.42. The molecular weight excluding hydrogens is 180 g/mol. The van der Waals surface area contributed by atoms with Crippen LogP contribution in [-0.4, -0.2) is 12.9 Å². The highest BCUT2D eigenvalue weighted by Crippen LogP contribution is 2.12. The van der Waals surface area contributed by atoms with Crippen molar-refractivity contribution < 1.29 is 0 Å². The van der Waals surface area contributed by atoms with E-state index in [1.807, 2.05) is 42.8 Å². The van der Waals surface area contributed by atoms with Crippen LogP contribution in [0, 0.1) is 0 Å². The summed E-state index contributed by atoms with van der Waals surface area (Å²) in [6.07, 6.45) is 0. The fraction of sp³-hybridized carbons (Fsp3) is 0.200. The van der Waals surface area contributed by atoms with Crippen molar-refractivity contribution in [3.8, 4) is 0 Å². The number of hydrogen-bond donors (Lipinski definition) is 2. The van der Waals surface area contributed by atoms with E-state index in [0.29, 0.717) is 0 Å². The smallest absolute Gasteiger partial charge is 0.0458 e. The minimum absolute atomic E-state index is 0.820. The van der Waals surface area contributed by atoms with E-state index in [4.69, 9.17) is 5.73 Å². The highest BCUT2D eigenvalue weighted by molar-refractivity contribution is 8.02. The standard InChI is InChI=1S/C10H14N2S/c1-12-8-13-7-10(11)9-5-3-2-4-6-9/h2-7,12H,8,11H2,1H3/b10-7-. The van der Waals surface area contributed by atoms with Crippen LogP contribution in [0.2, 0.25) is 0 Å². The molecule has 0 spiro atoms. The van der Waals surface area contributed by atoms with Gasteiger partial charge in [-0.25, -0.2) is 0 Å². The SMILES string of the molecule is CNCS/C=C(\N)c1ccccc1. The van der Waals surface area contributed by atoms with Crippen LogP contribution in [0.1, 0.15) is 5.56 Å². The zero-order valence-corrected chi connectivity index (χ0v) is 8.47. The molecule has 0 radical (unpaired) electrons. The molecule has 0 amide bonds. The molecule has 3 heteroatoms. The highest BCUT2D eigenvalue weighted by Gasteiger charge is 1.92. The molecule has 0 unspecified atom stereocenters. The van der Waals surface area contributed by atoms with Gasteiger partial charge in [-0.2, -0.15) is 0 Å². The van der Waals surface area contributed by atoms with E-state index in [2.05, 4.69) is 5.32 Å². The second kappa shape index (κ2) is 5.67. The van der Waals surface area contributed by atoms with Gasteiger partial charge in [-0.3, -0.25) is 0 Å². The lowest BCUT2D eigenvalue weighted by Gasteiger charge is -2.00. The minimum Gasteiger partial charge on any atom is -0.398 e. The van der Waals surface area contributed by atoms with Crippen molar-refractivity contribution in [3.05, 3.63) is 41.3 Å². The predicted octanol–water partition coefficient (Wildman–Crippen LogP) is 1.85. The van der Waals surface area contributed by atoms with Crippen molar-refractivity contribution in [2.24, 2.45) is 5.73 Å². The summed E-state index contributed by atoms with van der Waals surface area (Å²) in [5.41, 5.74) is 7.74. The Bertz CT molecular complexity index is 270. The summed E-state index contributed by atoms with van der Waals surface area (Å²) in [4.78, 5) is 0. The van der Waals surface area contributed by atoms with Gasteiger partial charge in [-0.05, 0) is 18.0 Å². The molecule has 0 aliphatic heterocycles. The summed E-state index contributed by atoms with van der Waals surface area (Å²) in [7, 11) is 1.92. The lowest BCUT2D eigenvalue weighted by Crippen LogP contribution is -2.03. The van der Waals surface area contributed by atoms with Crippen molar-refractivity contribution in [3.63, 3.8) is 0 Å². The maximum absolute atomic E-state index is 5.85. The molecule has 1 aromatic rings. The average Bonchev–Trinajstić information content (AvgIpc) is 2.19. The minimum atomic E-state index is 0.820. The first kappa shape index (κ1) is 10.2. The van der Waals surface area contributed by atoms with Crippen LogP contribution in [0.25, 0.3) is 5.70 Å². The quantitative estimate of drug-likeness (QED) is 0.567. The number of nitrogens with two attached hydrogens (primary N) is 1. The molecule has 1 aromatic carbocycles. The fourth-order valence-electron chi connectivity index (χ4n) is 0.913. The van der Waals surface area contributed by atoms with Crippen LogP contribution in [0.3, 0.4) is 0 Å². The first-order valence-electron chi connectivity index (χ1n) is 4.12. The van der Waals surface area contributed by atoms with E-state index in [-0.39, 0.29) is 0 Å². The Morgan fingerprint density at radius 1 is 1.46 bits per heavy atom. The summed E-state index contributed by atoms with van der Waals surface area (Å²) < 4.78 is 0. The van der Waals surface area contributed by atoms with Crippen molar-refractivity contribution in [2.45, 2.75) is 0 Å². The van der Waals surface area contributed by atoms with E-state index in [9.17, 15) is 0 Å². The van der Waals surface area contributed by atoms with E-state index in [0.717, 1.165) is 17.1 Å². The largest absolute Gasteiger partial charge is 0.398 e. The Morgan fingerprint density at radius 2 is 2.15 bits per heavy atom. The van der Waals surface area contributed by atoms with E-state index in [1.165, 1.54) is 0 Å². The van der Waals surface area contributed by atoms with Gasteiger partial charge in [0.25, 0.3) is 0 Å². The highest BCUT2D eigenvalue weighted by atomic mass is 32.2. The van der Waals surface area contributed by atoms with Crippen LogP contribution in [-0.2, 0) is 0 Å².